The summed E-state index contributed by atoms with van der Waals surface area (Å²) in [6.07, 6.45) is 4.06. The Morgan fingerprint density at radius 3 is 2.58 bits per heavy atom. The summed E-state index contributed by atoms with van der Waals surface area (Å²) in [5, 5.41) is 9.22. The summed E-state index contributed by atoms with van der Waals surface area (Å²) >= 11 is 3.03. The zero-order chi connectivity index (χ0) is 20.1. The van der Waals surface area contributed by atoms with E-state index in [1.807, 2.05) is 13.8 Å². The average molecular weight is 380 g/mol. The van der Waals surface area contributed by atoms with E-state index in [9.17, 15) is 14.3 Å². The van der Waals surface area contributed by atoms with Crippen LogP contribution in [-0.4, -0.2) is 35.1 Å². The molecule has 1 aromatic rings. The number of unbranched alkanes of at least 4 members (excludes halogenated alkanes) is 1. The van der Waals surface area contributed by atoms with E-state index < -0.39 is 12.1 Å². The number of carboxylic acid groups (broad SMARTS) is 1. The van der Waals surface area contributed by atoms with Gasteiger partial charge in [0.15, 0.2) is 7.12 Å². The quantitative estimate of drug-likeness (QED) is 0.430. The van der Waals surface area contributed by atoms with Crippen LogP contribution in [0.5, 0.6) is 0 Å². The van der Waals surface area contributed by atoms with Crippen molar-refractivity contribution in [2.45, 2.75) is 78.8 Å². The van der Waals surface area contributed by atoms with E-state index >= 15 is 0 Å². The van der Waals surface area contributed by atoms with E-state index in [1.165, 1.54) is 6.42 Å². The van der Waals surface area contributed by atoms with Crippen molar-refractivity contribution in [1.82, 2.24) is 4.98 Å². The van der Waals surface area contributed by atoms with Gasteiger partial charge in [0, 0.05) is 12.1 Å². The second kappa shape index (κ2) is 13.8. The molecule has 0 fully saturated rings. The molecule has 1 atom stereocenters. The fraction of sp³-hybridized carbons (Fsp3) is 0.632. The highest BCUT2D eigenvalue weighted by molar-refractivity contribution is 8.03. The van der Waals surface area contributed by atoms with Crippen LogP contribution in [0.1, 0.15) is 69.8 Å². The first-order valence-electron chi connectivity index (χ1n) is 9.12. The predicted molar refractivity (Wildman–Crippen MR) is 111 cm³/mol. The lowest BCUT2D eigenvalue weighted by Gasteiger charge is -2.19. The van der Waals surface area contributed by atoms with Crippen LogP contribution in [0.3, 0.4) is 0 Å². The average Bonchev–Trinajstić information content (AvgIpc) is 2.61. The summed E-state index contributed by atoms with van der Waals surface area (Å²) in [7, 11) is 4.19. The van der Waals surface area contributed by atoms with Crippen LogP contribution in [0, 0.1) is 6.92 Å². The van der Waals surface area contributed by atoms with Crippen LogP contribution in [-0.2, 0) is 17.6 Å². The lowest BCUT2D eigenvalue weighted by Crippen LogP contribution is -2.17. The minimum atomic E-state index is -0.996. The van der Waals surface area contributed by atoms with Crippen LogP contribution in [0.2, 0.25) is 0 Å². The third kappa shape index (κ3) is 8.34. The van der Waals surface area contributed by atoms with Crippen LogP contribution in [0.25, 0.3) is 0 Å². The van der Waals surface area contributed by atoms with E-state index in [-0.39, 0.29) is 5.71 Å². The number of aliphatic carboxylic acids is 1. The molecule has 1 aliphatic carbocycles. The minimum absolute atomic E-state index is 0.148. The molecular formula is C19H30BFN2O2S. The molecule has 1 N–H and O–H groups in total. The molecule has 1 aromatic heterocycles. The van der Waals surface area contributed by atoms with Gasteiger partial charge in [-0.1, -0.05) is 33.6 Å². The smallest absolute Gasteiger partial charge is 0.350 e. The van der Waals surface area contributed by atoms with E-state index in [1.54, 1.807) is 6.07 Å². The van der Waals surface area contributed by atoms with E-state index in [0.717, 1.165) is 24.1 Å². The van der Waals surface area contributed by atoms with E-state index in [0.29, 0.717) is 37.1 Å². The minimum Gasteiger partial charge on any atom is -0.477 e. The molecule has 0 bridgehead atoms. The summed E-state index contributed by atoms with van der Waals surface area (Å²) in [6.45, 7) is 8.08. The van der Waals surface area contributed by atoms with Crippen molar-refractivity contribution >= 4 is 37.0 Å². The largest absolute Gasteiger partial charge is 0.477 e. The molecule has 1 unspecified atom stereocenters. The molecule has 2 rings (SSSR count). The lowest BCUT2D eigenvalue weighted by atomic mass is 9.94. The first-order chi connectivity index (χ1) is 12.4. The van der Waals surface area contributed by atoms with Gasteiger partial charge in [-0.05, 0) is 44.2 Å². The standard InChI is InChI=1S/C16H21FN2O2.C3H8.BHS/c1-3-4-5-14(16(20)21)19-15-9-11-8-12(17)6-7-13(11)18-10(15)2;1-3-2;1-2/h9,12H,3-8H2,1-2H3,(H,20,21);3H2,1-2H3;2H. The van der Waals surface area contributed by atoms with E-state index in [4.69, 9.17) is 0 Å². The molecule has 0 spiro atoms. The van der Waals surface area contributed by atoms with Gasteiger partial charge in [-0.2, -0.15) is 0 Å². The Morgan fingerprint density at radius 1 is 1.42 bits per heavy atom. The zero-order valence-corrected chi connectivity index (χ0v) is 17.2. The highest BCUT2D eigenvalue weighted by Crippen LogP contribution is 2.28. The van der Waals surface area contributed by atoms with Crippen molar-refractivity contribution in [3.8, 4) is 0 Å². The topological polar surface area (TPSA) is 62.5 Å². The van der Waals surface area contributed by atoms with Crippen molar-refractivity contribution in [3.05, 3.63) is 23.0 Å². The Labute approximate surface area is 163 Å². The van der Waals surface area contributed by atoms with Crippen LogP contribution >= 0.6 is 12.5 Å². The SMILES string of the molecule is CCC.CCCCC(=Nc1cc2c(nc1C)CCC(F)C2)C(=O)O.[B]S. The molecule has 7 heteroatoms. The first-order valence-corrected chi connectivity index (χ1v) is 9.64. The number of rotatable bonds is 5. The molecule has 0 amide bonds. The van der Waals surface area contributed by atoms with Crippen molar-refractivity contribution in [3.63, 3.8) is 0 Å². The van der Waals surface area contributed by atoms with Gasteiger partial charge in [0.2, 0.25) is 0 Å². The van der Waals surface area contributed by atoms with E-state index in [2.05, 4.69) is 43.4 Å². The van der Waals surface area contributed by atoms with Gasteiger partial charge < -0.3 is 5.11 Å². The predicted octanol–water partition coefficient (Wildman–Crippen LogP) is 4.98. The summed E-state index contributed by atoms with van der Waals surface area (Å²) in [6, 6.07) is 1.80. The highest BCUT2D eigenvalue weighted by Gasteiger charge is 2.20. The monoisotopic (exact) mass is 380 g/mol. The second-order valence-electron chi connectivity index (χ2n) is 6.21. The van der Waals surface area contributed by atoms with Crippen LogP contribution in [0.15, 0.2) is 11.1 Å². The Kier molecular flexibility index (Phi) is 13.1. The molecule has 4 nitrogen and oxygen atoms in total. The summed E-state index contributed by atoms with van der Waals surface area (Å²) in [4.78, 5) is 20.0. The van der Waals surface area contributed by atoms with Crippen molar-refractivity contribution in [2.24, 2.45) is 4.99 Å². The number of aryl methyl sites for hydroxylation is 2. The number of carbonyl (C=O) groups is 1. The number of alkyl halides is 1. The van der Waals surface area contributed by atoms with Crippen molar-refractivity contribution in [2.75, 3.05) is 0 Å². The number of hydrogen-bond donors (Lipinski definition) is 2. The van der Waals surface area contributed by atoms with Gasteiger partial charge >= 0.3 is 5.97 Å². The van der Waals surface area contributed by atoms with Crippen molar-refractivity contribution in [1.29, 1.82) is 0 Å². The Hall–Kier alpha value is -1.37. The fourth-order valence-corrected chi connectivity index (χ4v) is 2.52. The normalized spacial score (nSPS) is 15.8. The molecule has 0 saturated heterocycles. The van der Waals surface area contributed by atoms with Gasteiger partial charge in [0.25, 0.3) is 0 Å². The maximum atomic E-state index is 13.5. The highest BCUT2D eigenvalue weighted by atomic mass is 32.1. The second-order valence-corrected chi connectivity index (χ2v) is 6.21. The molecular weight excluding hydrogens is 350 g/mol. The summed E-state index contributed by atoms with van der Waals surface area (Å²) < 4.78 is 13.5. The van der Waals surface area contributed by atoms with Crippen LogP contribution in [0.4, 0.5) is 10.1 Å². The number of thiol groups is 1. The number of fused-ring (bicyclic) bond motifs is 1. The Balaban J connectivity index is 0.00000113. The first kappa shape index (κ1) is 24.6. The third-order valence-electron chi connectivity index (χ3n) is 3.76. The maximum Gasteiger partial charge on any atom is 0.350 e. The maximum absolute atomic E-state index is 13.5. The number of nitrogens with zero attached hydrogens (tertiary/aromatic N) is 2. The molecule has 0 aromatic carbocycles. The fourth-order valence-electron chi connectivity index (χ4n) is 2.52. The summed E-state index contributed by atoms with van der Waals surface area (Å²) in [5.74, 6) is -0.996. The lowest BCUT2D eigenvalue weighted by molar-refractivity contribution is -0.129. The molecule has 2 radical (unpaired) electrons. The molecule has 0 saturated carbocycles. The molecule has 1 heterocycles. The van der Waals surface area contributed by atoms with Gasteiger partial charge in [0.05, 0.1) is 11.4 Å². The van der Waals surface area contributed by atoms with Gasteiger partial charge in [-0.25, -0.2) is 26.7 Å². The molecule has 0 aliphatic heterocycles. The van der Waals surface area contributed by atoms with Gasteiger partial charge in [-0.3, -0.25) is 4.98 Å². The van der Waals surface area contributed by atoms with Crippen molar-refractivity contribution < 1.29 is 14.3 Å². The molecule has 144 valence electrons. The number of aromatic nitrogens is 1. The number of pyridine rings is 1. The number of carboxylic acids is 1. The summed E-state index contributed by atoms with van der Waals surface area (Å²) in [5.41, 5.74) is 3.19. The van der Waals surface area contributed by atoms with Gasteiger partial charge in [0.1, 0.15) is 11.9 Å². The number of halogens is 1. The van der Waals surface area contributed by atoms with Crippen LogP contribution < -0.4 is 0 Å². The molecule has 26 heavy (non-hydrogen) atoms. The van der Waals surface area contributed by atoms with Gasteiger partial charge in [-0.15, -0.1) is 0 Å². The zero-order valence-electron chi connectivity index (χ0n) is 16.3. The molecule has 1 aliphatic rings. The Bertz CT molecular complexity index is 597. The Morgan fingerprint density at radius 2 is 2.04 bits per heavy atom. The third-order valence-corrected chi connectivity index (χ3v) is 3.76. The number of hydrogen-bond acceptors (Lipinski definition) is 4. The number of aliphatic imine (C=N–C) groups is 1.